The summed E-state index contributed by atoms with van der Waals surface area (Å²) >= 11 is 0. The fourth-order valence-electron chi connectivity index (χ4n) is 7.14. The molecule has 0 aliphatic carbocycles. The molecule has 0 fully saturated rings. The van der Waals surface area contributed by atoms with Crippen molar-refractivity contribution in [2.24, 2.45) is 4.99 Å². The topological polar surface area (TPSA) is 46.7 Å². The van der Waals surface area contributed by atoms with Crippen LogP contribution < -0.4 is 5.56 Å². The number of nitrogens with zero attached hydrogens (tertiary/aromatic N) is 3. The Morgan fingerprint density at radius 3 is 2.16 bits per heavy atom. The highest BCUT2D eigenvalue weighted by Gasteiger charge is 2.41. The molecule has 202 valence electrons. The third-order valence-corrected chi connectivity index (χ3v) is 9.28. The molecule has 8 aromatic rings. The zero-order valence-electron chi connectivity index (χ0n) is 23.5. The molecule has 0 saturated heterocycles. The molecule has 0 amide bonds. The van der Waals surface area contributed by atoms with Crippen LogP contribution in [-0.4, -0.2) is 15.1 Å². The van der Waals surface area contributed by atoms with Gasteiger partial charge >= 0.3 is 0 Å². The van der Waals surface area contributed by atoms with Crippen LogP contribution >= 0.6 is 0 Å². The van der Waals surface area contributed by atoms with E-state index < -0.39 is 0 Å². The van der Waals surface area contributed by atoms with Gasteiger partial charge in [-0.05, 0) is 65.1 Å². The predicted octanol–water partition coefficient (Wildman–Crippen LogP) is 8.70. The molecule has 4 nitrogen and oxygen atoms in total. The summed E-state index contributed by atoms with van der Waals surface area (Å²) in [7, 11) is 0. The molecule has 3 aromatic heterocycles. The molecule has 0 radical (unpaired) electrons. The second-order valence-corrected chi connectivity index (χ2v) is 11.5. The Morgan fingerprint density at radius 1 is 0.628 bits per heavy atom. The van der Waals surface area contributed by atoms with E-state index in [4.69, 9.17) is 9.98 Å². The number of hydrogen-bond donors (Lipinski definition) is 0. The number of aromatic nitrogens is 2. The lowest BCUT2D eigenvalue weighted by atomic mass is 9.72. The summed E-state index contributed by atoms with van der Waals surface area (Å²) in [5.74, 6) is 0. The van der Waals surface area contributed by atoms with Gasteiger partial charge in [0, 0.05) is 27.7 Å². The van der Waals surface area contributed by atoms with E-state index in [9.17, 15) is 4.79 Å². The minimum atomic E-state index is -0.345. The third-order valence-electron chi connectivity index (χ3n) is 9.28. The minimum Gasteiger partial charge on any atom is -0.273 e. The molecule has 4 heterocycles. The highest BCUT2D eigenvalue weighted by Crippen LogP contribution is 2.46. The Labute approximate surface area is 247 Å². The van der Waals surface area contributed by atoms with Crippen molar-refractivity contribution in [3.63, 3.8) is 0 Å². The van der Waals surface area contributed by atoms with E-state index in [0.717, 1.165) is 60.8 Å². The van der Waals surface area contributed by atoms with Gasteiger partial charge in [-0.1, -0.05) is 97.1 Å². The van der Waals surface area contributed by atoms with E-state index in [1.807, 2.05) is 40.9 Å². The predicted molar refractivity (Wildman–Crippen MR) is 176 cm³/mol. The number of pyridine rings is 2. The van der Waals surface area contributed by atoms with Gasteiger partial charge in [-0.15, -0.1) is 0 Å². The molecule has 0 N–H and O–H groups in total. The van der Waals surface area contributed by atoms with Crippen molar-refractivity contribution in [1.82, 2.24) is 9.38 Å². The van der Waals surface area contributed by atoms with Crippen LogP contribution in [0.25, 0.3) is 49.2 Å². The molecule has 9 rings (SSSR count). The molecule has 4 heteroatoms. The molecule has 43 heavy (non-hydrogen) atoms. The van der Waals surface area contributed by atoms with Gasteiger partial charge in [-0.3, -0.25) is 19.2 Å². The van der Waals surface area contributed by atoms with E-state index in [0.29, 0.717) is 5.39 Å². The van der Waals surface area contributed by atoms with Gasteiger partial charge in [-0.2, -0.15) is 0 Å². The number of fused-ring (bicyclic) bond motifs is 6. The number of rotatable bonds is 3. The Morgan fingerprint density at radius 2 is 1.33 bits per heavy atom. The highest BCUT2D eigenvalue weighted by molar-refractivity contribution is 6.19. The quantitative estimate of drug-likeness (QED) is 0.206. The van der Waals surface area contributed by atoms with Crippen LogP contribution in [0.5, 0.6) is 0 Å². The van der Waals surface area contributed by atoms with Crippen molar-refractivity contribution in [3.8, 4) is 11.1 Å². The fraction of sp³-hybridized carbons (Fsp3) is 0.0513. The first kappa shape index (κ1) is 24.0. The van der Waals surface area contributed by atoms with Crippen molar-refractivity contribution < 1.29 is 0 Å². The van der Waals surface area contributed by atoms with Gasteiger partial charge in [0.2, 0.25) is 0 Å². The summed E-state index contributed by atoms with van der Waals surface area (Å²) in [5.41, 5.74) is 10.1. The first-order valence-corrected chi connectivity index (χ1v) is 14.6. The first-order valence-electron chi connectivity index (χ1n) is 14.6. The number of hydrogen-bond acceptors (Lipinski definition) is 3. The maximum atomic E-state index is 13.6. The molecule has 0 bridgehead atoms. The zero-order chi connectivity index (χ0) is 28.7. The summed E-state index contributed by atoms with van der Waals surface area (Å²) in [4.78, 5) is 23.5. The van der Waals surface area contributed by atoms with Crippen LogP contribution in [0.15, 0.2) is 143 Å². The molecular formula is C39H25N3O. The smallest absolute Gasteiger partial charge is 0.263 e. The monoisotopic (exact) mass is 551 g/mol. The van der Waals surface area contributed by atoms with Crippen LogP contribution in [-0.2, 0) is 5.41 Å². The van der Waals surface area contributed by atoms with Crippen LogP contribution in [0.1, 0.15) is 23.6 Å². The number of aliphatic imine (C=N–C) groups is 1. The number of para-hydroxylation sites is 1. The Balaban J connectivity index is 1.18. The van der Waals surface area contributed by atoms with Gasteiger partial charge in [0.1, 0.15) is 0 Å². The zero-order valence-corrected chi connectivity index (χ0v) is 23.5. The summed E-state index contributed by atoms with van der Waals surface area (Å²) in [6, 6.07) is 44.0. The Hall–Kier alpha value is -5.61. The lowest BCUT2D eigenvalue weighted by Gasteiger charge is -2.29. The SMILES string of the molecule is CC1(c2ccccc2)C(c2ccc(-c3ccc4c(c3)c3ccnc5c6ccccc6c(=O)n4c35)cc2)=Nc2ccccc21. The molecular weight excluding hydrogens is 526 g/mol. The first-order chi connectivity index (χ1) is 21.1. The van der Waals surface area contributed by atoms with Crippen LogP contribution in [0.2, 0.25) is 0 Å². The van der Waals surface area contributed by atoms with Gasteiger partial charge in [0.15, 0.2) is 0 Å². The minimum absolute atomic E-state index is 0.00648. The van der Waals surface area contributed by atoms with E-state index in [1.165, 1.54) is 11.1 Å². The van der Waals surface area contributed by atoms with Crippen molar-refractivity contribution in [2.75, 3.05) is 0 Å². The van der Waals surface area contributed by atoms with Crippen LogP contribution in [0.4, 0.5) is 5.69 Å². The standard InChI is InChI=1S/C39H25N3O/c1-39(27-9-3-2-4-10-27)32-13-7-8-14-33(32)41-37(39)25-17-15-24(16-18-25)26-19-20-34-31(23-26)29-21-22-40-35-28-11-5-6-12-30(28)38(43)42(34)36(29)35/h2-23H,1H3. The molecule has 0 saturated carbocycles. The molecule has 1 unspecified atom stereocenters. The van der Waals surface area contributed by atoms with Gasteiger partial charge in [0.05, 0.1) is 33.4 Å². The average Bonchev–Trinajstić information content (AvgIpc) is 3.57. The fourth-order valence-corrected chi connectivity index (χ4v) is 7.14. The maximum Gasteiger partial charge on any atom is 0.263 e. The molecule has 1 aliphatic heterocycles. The van der Waals surface area contributed by atoms with E-state index in [2.05, 4.69) is 104 Å². The summed E-state index contributed by atoms with van der Waals surface area (Å²) < 4.78 is 1.84. The van der Waals surface area contributed by atoms with E-state index >= 15 is 0 Å². The van der Waals surface area contributed by atoms with Crippen molar-refractivity contribution in [3.05, 3.63) is 161 Å². The largest absolute Gasteiger partial charge is 0.273 e. The number of benzene rings is 5. The normalized spacial score (nSPS) is 16.3. The molecule has 1 aliphatic rings. The van der Waals surface area contributed by atoms with Crippen LogP contribution in [0.3, 0.4) is 0 Å². The lowest BCUT2D eigenvalue weighted by molar-refractivity contribution is 0.794. The second kappa shape index (κ2) is 8.70. The molecule has 5 aromatic carbocycles. The maximum absolute atomic E-state index is 13.6. The van der Waals surface area contributed by atoms with Crippen LogP contribution in [0, 0.1) is 0 Å². The van der Waals surface area contributed by atoms with E-state index in [-0.39, 0.29) is 11.0 Å². The molecule has 1 atom stereocenters. The average molecular weight is 552 g/mol. The summed E-state index contributed by atoms with van der Waals surface area (Å²) in [6.07, 6.45) is 1.85. The molecule has 0 spiro atoms. The summed E-state index contributed by atoms with van der Waals surface area (Å²) in [5, 5.41) is 3.67. The van der Waals surface area contributed by atoms with Gasteiger partial charge < -0.3 is 0 Å². The van der Waals surface area contributed by atoms with Crippen molar-refractivity contribution in [2.45, 2.75) is 12.3 Å². The van der Waals surface area contributed by atoms with Crippen molar-refractivity contribution in [1.29, 1.82) is 0 Å². The highest BCUT2D eigenvalue weighted by atomic mass is 16.1. The Bertz CT molecular complexity index is 2480. The second-order valence-electron chi connectivity index (χ2n) is 11.5. The third kappa shape index (κ3) is 3.23. The van der Waals surface area contributed by atoms with E-state index in [1.54, 1.807) is 0 Å². The lowest BCUT2D eigenvalue weighted by Crippen LogP contribution is -2.31. The summed E-state index contributed by atoms with van der Waals surface area (Å²) in [6.45, 7) is 2.28. The van der Waals surface area contributed by atoms with Crippen molar-refractivity contribution >= 4 is 49.5 Å². The van der Waals surface area contributed by atoms with Gasteiger partial charge in [-0.25, -0.2) is 0 Å². The Kier molecular flexibility index (Phi) is 4.86. The van der Waals surface area contributed by atoms with Gasteiger partial charge in [0.25, 0.3) is 5.56 Å².